The van der Waals surface area contributed by atoms with Crippen molar-refractivity contribution in [2.24, 2.45) is 0 Å². The summed E-state index contributed by atoms with van der Waals surface area (Å²) in [6, 6.07) is -1.28. The molecule has 0 aliphatic heterocycles. The maximum Gasteiger partial charge on any atom is 0.675 e. The van der Waals surface area contributed by atoms with Crippen molar-refractivity contribution < 1.29 is 62.7 Å². The minimum atomic E-state index is -5.20. The molecule has 0 spiro atoms. The average molecular weight is 396 g/mol. The number of hydrogen-bond acceptors (Lipinski definition) is 13. The van der Waals surface area contributed by atoms with Crippen LogP contribution in [0.25, 0.3) is 0 Å². The third-order valence-corrected chi connectivity index (χ3v) is 4.49. The maximum absolute atomic E-state index is 10.3. The Balaban J connectivity index is 5.40. The number of methoxy groups -OCH3 is 3. The molecule has 146 valence electrons. The summed E-state index contributed by atoms with van der Waals surface area (Å²) in [5.74, 6) is -8.00. The second-order valence-corrected chi connectivity index (χ2v) is 8.46. The molecule has 0 rings (SSSR count). The van der Waals surface area contributed by atoms with Crippen molar-refractivity contribution in [1.29, 1.82) is 0 Å². The van der Waals surface area contributed by atoms with E-state index in [2.05, 4.69) is 4.43 Å². The molecule has 0 aromatic rings. The highest BCUT2D eigenvalue weighted by atomic mass is 28.4. The van der Waals surface area contributed by atoms with E-state index >= 15 is 0 Å². The van der Waals surface area contributed by atoms with Crippen LogP contribution in [-0.2, 0) is 18.6 Å². The standard InChI is InChI=1S/C9H24O13Si2/c1-19-8(12,4-7(10,11)6-23(13,14)15)5-9(20-2,21-3)22-24(16,17)18/h10-18H,4-6H2,1-3H3. The lowest BCUT2D eigenvalue weighted by atomic mass is 10.0. The molecule has 0 saturated heterocycles. The van der Waals surface area contributed by atoms with Gasteiger partial charge in [-0.1, -0.05) is 0 Å². The molecule has 0 aromatic heterocycles. The van der Waals surface area contributed by atoms with Crippen molar-refractivity contribution in [1.82, 2.24) is 0 Å². The third kappa shape index (κ3) is 8.85. The van der Waals surface area contributed by atoms with Gasteiger partial charge >= 0.3 is 17.9 Å². The highest BCUT2D eigenvalue weighted by Gasteiger charge is 2.53. The molecule has 0 aliphatic rings. The fourth-order valence-electron chi connectivity index (χ4n) is 1.99. The Hall–Kier alpha value is -0.0862. The van der Waals surface area contributed by atoms with Gasteiger partial charge in [0.05, 0.1) is 18.9 Å². The van der Waals surface area contributed by atoms with Crippen LogP contribution in [0.5, 0.6) is 0 Å². The van der Waals surface area contributed by atoms with Crippen LogP contribution >= 0.6 is 0 Å². The third-order valence-electron chi connectivity index (χ3n) is 2.87. The molecule has 13 nitrogen and oxygen atoms in total. The van der Waals surface area contributed by atoms with Gasteiger partial charge in [0, 0.05) is 21.3 Å². The number of ether oxygens (including phenoxy) is 3. The SMILES string of the molecule is COC(O)(CC(O)(O)C[Si](O)(O)O)CC(OC)(OC)O[Si](O)(O)O. The van der Waals surface area contributed by atoms with E-state index in [1.165, 1.54) is 0 Å². The Kier molecular flexibility index (Phi) is 8.05. The molecule has 24 heavy (non-hydrogen) atoms. The summed E-state index contributed by atoms with van der Waals surface area (Å²) in [7, 11) is -7.25. The molecule has 0 aromatic carbocycles. The lowest BCUT2D eigenvalue weighted by molar-refractivity contribution is -0.385. The fourth-order valence-corrected chi connectivity index (χ4v) is 3.53. The lowest BCUT2D eigenvalue weighted by Crippen LogP contribution is -2.57. The molecule has 1 atom stereocenters. The monoisotopic (exact) mass is 396 g/mol. The van der Waals surface area contributed by atoms with Gasteiger partial charge in [-0.25, -0.2) is 0 Å². The zero-order valence-corrected chi connectivity index (χ0v) is 15.3. The van der Waals surface area contributed by atoms with Crippen LogP contribution in [0.1, 0.15) is 12.8 Å². The van der Waals surface area contributed by atoms with Crippen LogP contribution in [0.4, 0.5) is 0 Å². The second-order valence-electron chi connectivity index (χ2n) is 5.20. The Morgan fingerprint density at radius 1 is 0.750 bits per heavy atom. The lowest BCUT2D eigenvalue weighted by Gasteiger charge is -2.40. The zero-order chi connectivity index (χ0) is 19.4. The van der Waals surface area contributed by atoms with E-state index in [0.717, 1.165) is 21.3 Å². The summed E-state index contributed by atoms with van der Waals surface area (Å²) >= 11 is 0. The van der Waals surface area contributed by atoms with Crippen LogP contribution in [0.3, 0.4) is 0 Å². The quantitative estimate of drug-likeness (QED) is 0.118. The molecule has 0 heterocycles. The van der Waals surface area contributed by atoms with E-state index in [-0.39, 0.29) is 0 Å². The molecule has 0 saturated carbocycles. The number of hydrogen-bond donors (Lipinski definition) is 9. The van der Waals surface area contributed by atoms with Crippen LogP contribution in [-0.4, -0.2) is 101 Å². The highest BCUT2D eigenvalue weighted by molar-refractivity contribution is 6.56. The topological polar surface area (TPSA) is 219 Å². The van der Waals surface area contributed by atoms with Gasteiger partial charge in [-0.2, -0.15) is 0 Å². The molecule has 0 bridgehead atoms. The van der Waals surface area contributed by atoms with Gasteiger partial charge in [-0.3, -0.25) is 4.43 Å². The van der Waals surface area contributed by atoms with Crippen molar-refractivity contribution in [2.45, 2.75) is 36.4 Å². The van der Waals surface area contributed by atoms with Crippen molar-refractivity contribution >= 4 is 17.9 Å². The van der Waals surface area contributed by atoms with Gasteiger partial charge in [0.25, 0.3) is 5.97 Å². The Bertz CT molecular complexity index is 388. The van der Waals surface area contributed by atoms with Crippen LogP contribution in [0.2, 0.25) is 6.04 Å². The molecule has 15 heteroatoms. The van der Waals surface area contributed by atoms with Gasteiger partial charge in [0.1, 0.15) is 0 Å². The summed E-state index contributed by atoms with van der Waals surface area (Å²) in [5.41, 5.74) is 0. The summed E-state index contributed by atoms with van der Waals surface area (Å²) < 4.78 is 18.6. The van der Waals surface area contributed by atoms with Gasteiger partial charge in [-0.15, -0.1) is 0 Å². The van der Waals surface area contributed by atoms with E-state index in [4.69, 9.17) is 43.0 Å². The number of aliphatic hydroxyl groups is 3. The Labute approximate surface area is 139 Å². The molecule has 0 fully saturated rings. The average Bonchev–Trinajstić information content (AvgIpc) is 2.32. The molecule has 0 radical (unpaired) electrons. The van der Waals surface area contributed by atoms with Crippen LogP contribution in [0, 0.1) is 0 Å². The van der Waals surface area contributed by atoms with E-state index < -0.39 is 54.3 Å². The maximum atomic E-state index is 10.3. The first-order chi connectivity index (χ1) is 10.5. The smallest absolute Gasteiger partial charge is 0.390 e. The first-order valence-electron chi connectivity index (χ1n) is 6.38. The molecule has 9 N–H and O–H groups in total. The fraction of sp³-hybridized carbons (Fsp3) is 1.00. The molecular weight excluding hydrogens is 372 g/mol. The summed E-state index contributed by atoms with van der Waals surface area (Å²) in [4.78, 5) is 53.9. The molecular formula is C9H24O13Si2. The largest absolute Gasteiger partial charge is 0.675 e. The van der Waals surface area contributed by atoms with Crippen molar-refractivity contribution in [2.75, 3.05) is 21.3 Å². The van der Waals surface area contributed by atoms with E-state index in [0.29, 0.717) is 0 Å². The second kappa shape index (κ2) is 8.08. The van der Waals surface area contributed by atoms with Crippen molar-refractivity contribution in [3.63, 3.8) is 0 Å². The Morgan fingerprint density at radius 2 is 1.21 bits per heavy atom. The van der Waals surface area contributed by atoms with Crippen LogP contribution in [0.15, 0.2) is 0 Å². The van der Waals surface area contributed by atoms with Gasteiger partial charge in [0.2, 0.25) is 0 Å². The first-order valence-corrected chi connectivity index (χ1v) is 10.2. The van der Waals surface area contributed by atoms with E-state index in [1.54, 1.807) is 0 Å². The van der Waals surface area contributed by atoms with Gasteiger partial charge in [0.15, 0.2) is 11.6 Å². The van der Waals surface area contributed by atoms with Crippen LogP contribution < -0.4 is 0 Å². The summed E-state index contributed by atoms with van der Waals surface area (Å²) in [6.07, 6.45) is -2.07. The molecule has 0 aliphatic carbocycles. The highest BCUT2D eigenvalue weighted by Crippen LogP contribution is 2.34. The zero-order valence-electron chi connectivity index (χ0n) is 13.3. The normalized spacial score (nSPS) is 17.0. The minimum absolute atomic E-state index is 0.926. The van der Waals surface area contributed by atoms with Crippen molar-refractivity contribution in [3.05, 3.63) is 0 Å². The minimum Gasteiger partial charge on any atom is -0.390 e. The molecule has 0 amide bonds. The Morgan fingerprint density at radius 3 is 1.50 bits per heavy atom. The van der Waals surface area contributed by atoms with Crippen molar-refractivity contribution in [3.8, 4) is 0 Å². The number of rotatable bonds is 11. The predicted octanol–water partition coefficient (Wildman–Crippen LogP) is -4.93. The van der Waals surface area contributed by atoms with Gasteiger partial charge in [-0.05, 0) is 0 Å². The molecule has 1 unspecified atom stereocenters. The van der Waals surface area contributed by atoms with Gasteiger partial charge < -0.3 is 58.3 Å². The summed E-state index contributed by atoms with van der Waals surface area (Å²) in [6.45, 7) is 0. The first kappa shape index (κ1) is 23.9. The summed E-state index contributed by atoms with van der Waals surface area (Å²) in [5, 5.41) is 29.7. The van der Waals surface area contributed by atoms with E-state index in [9.17, 15) is 15.3 Å². The van der Waals surface area contributed by atoms with E-state index in [1.807, 2.05) is 0 Å². The predicted molar refractivity (Wildman–Crippen MR) is 75.8 cm³/mol.